The number of benzene rings is 1. The quantitative estimate of drug-likeness (QED) is 0.832. The highest BCUT2D eigenvalue weighted by molar-refractivity contribution is 5.65. The van der Waals surface area contributed by atoms with Crippen LogP contribution in [0.5, 0.6) is 0 Å². The largest absolute Gasteiger partial charge is 0.324 e. The van der Waals surface area contributed by atoms with Crippen LogP contribution in [0, 0.1) is 6.92 Å². The molecule has 1 aliphatic carbocycles. The van der Waals surface area contributed by atoms with Crippen molar-refractivity contribution >= 4 is 0 Å². The molecule has 0 spiro atoms. The molecule has 3 rings (SSSR count). The van der Waals surface area contributed by atoms with Crippen molar-refractivity contribution in [1.29, 1.82) is 0 Å². The van der Waals surface area contributed by atoms with Crippen LogP contribution in [0.1, 0.15) is 36.0 Å². The maximum absolute atomic E-state index is 6.25. The van der Waals surface area contributed by atoms with Gasteiger partial charge < -0.3 is 5.73 Å². The third kappa shape index (κ3) is 1.91. The minimum Gasteiger partial charge on any atom is -0.324 e. The van der Waals surface area contributed by atoms with Crippen LogP contribution >= 0.6 is 0 Å². The fourth-order valence-electron chi connectivity index (χ4n) is 2.67. The van der Waals surface area contributed by atoms with Gasteiger partial charge in [0.25, 0.3) is 0 Å². The lowest BCUT2D eigenvalue weighted by Crippen LogP contribution is -2.21. The summed E-state index contributed by atoms with van der Waals surface area (Å²) in [5.41, 5.74) is 10.7. The molecule has 0 aliphatic heterocycles. The maximum atomic E-state index is 6.25. The SMILES string of the molecule is Cc1nc2c(c(-c3ccccc3)n1)C(N)CCC2. The average Bonchev–Trinajstić information content (AvgIpc) is 2.39. The fourth-order valence-corrected chi connectivity index (χ4v) is 2.67. The van der Waals surface area contributed by atoms with E-state index in [1.165, 1.54) is 0 Å². The van der Waals surface area contributed by atoms with Crippen molar-refractivity contribution in [2.45, 2.75) is 32.2 Å². The van der Waals surface area contributed by atoms with E-state index in [-0.39, 0.29) is 6.04 Å². The summed E-state index contributed by atoms with van der Waals surface area (Å²) in [5, 5.41) is 0. The highest BCUT2D eigenvalue weighted by Crippen LogP contribution is 2.33. The summed E-state index contributed by atoms with van der Waals surface area (Å²) in [6, 6.07) is 10.3. The van der Waals surface area contributed by atoms with E-state index in [0.29, 0.717) is 0 Å². The molecule has 1 aliphatic rings. The minimum atomic E-state index is 0.0737. The van der Waals surface area contributed by atoms with Crippen LogP contribution in [-0.2, 0) is 6.42 Å². The topological polar surface area (TPSA) is 51.8 Å². The Morgan fingerprint density at radius 2 is 1.94 bits per heavy atom. The predicted octanol–water partition coefficient (Wildman–Crippen LogP) is 2.79. The number of rotatable bonds is 1. The summed E-state index contributed by atoms with van der Waals surface area (Å²) in [5.74, 6) is 0.835. The van der Waals surface area contributed by atoms with Gasteiger partial charge in [-0.2, -0.15) is 0 Å². The number of aromatic nitrogens is 2. The van der Waals surface area contributed by atoms with Crippen LogP contribution in [0.15, 0.2) is 30.3 Å². The van der Waals surface area contributed by atoms with Gasteiger partial charge in [-0.25, -0.2) is 9.97 Å². The van der Waals surface area contributed by atoms with Crippen molar-refractivity contribution in [3.05, 3.63) is 47.4 Å². The summed E-state index contributed by atoms with van der Waals surface area (Å²) in [7, 11) is 0. The second kappa shape index (κ2) is 4.50. The highest BCUT2D eigenvalue weighted by atomic mass is 14.9. The Morgan fingerprint density at radius 1 is 1.17 bits per heavy atom. The number of nitrogens with two attached hydrogens (primary N) is 1. The second-order valence-corrected chi connectivity index (χ2v) is 4.84. The van der Waals surface area contributed by atoms with E-state index in [9.17, 15) is 0 Å². The first-order valence-corrected chi connectivity index (χ1v) is 6.44. The zero-order chi connectivity index (χ0) is 12.5. The Morgan fingerprint density at radius 3 is 2.72 bits per heavy atom. The molecule has 1 unspecified atom stereocenters. The van der Waals surface area contributed by atoms with Gasteiger partial charge in [-0.3, -0.25) is 0 Å². The van der Waals surface area contributed by atoms with E-state index in [1.54, 1.807) is 0 Å². The second-order valence-electron chi connectivity index (χ2n) is 4.84. The monoisotopic (exact) mass is 239 g/mol. The van der Waals surface area contributed by atoms with Gasteiger partial charge in [-0.1, -0.05) is 30.3 Å². The van der Waals surface area contributed by atoms with Crippen LogP contribution in [0.2, 0.25) is 0 Å². The molecule has 3 nitrogen and oxygen atoms in total. The summed E-state index contributed by atoms with van der Waals surface area (Å²) in [6.45, 7) is 1.95. The van der Waals surface area contributed by atoms with Crippen molar-refractivity contribution in [3.8, 4) is 11.3 Å². The van der Waals surface area contributed by atoms with E-state index in [0.717, 1.165) is 47.6 Å². The van der Waals surface area contributed by atoms with Gasteiger partial charge in [0.05, 0.1) is 5.69 Å². The number of nitrogens with zero attached hydrogens (tertiary/aromatic N) is 2. The molecule has 0 saturated carbocycles. The molecule has 0 radical (unpaired) electrons. The Labute approximate surface area is 107 Å². The van der Waals surface area contributed by atoms with Gasteiger partial charge >= 0.3 is 0 Å². The van der Waals surface area contributed by atoms with E-state index < -0.39 is 0 Å². The first-order valence-electron chi connectivity index (χ1n) is 6.44. The van der Waals surface area contributed by atoms with Gasteiger partial charge in [-0.05, 0) is 26.2 Å². The normalized spacial score (nSPS) is 18.4. The molecule has 18 heavy (non-hydrogen) atoms. The summed E-state index contributed by atoms with van der Waals surface area (Å²) in [6.07, 6.45) is 3.17. The molecule has 0 fully saturated rings. The molecule has 2 N–H and O–H groups in total. The molecule has 1 heterocycles. The predicted molar refractivity (Wildman–Crippen MR) is 72.1 cm³/mol. The molecular formula is C15H17N3. The standard InChI is InChI=1S/C15H17N3/c1-10-17-13-9-5-8-12(16)14(13)15(18-10)11-6-3-2-4-7-11/h2-4,6-7,12H,5,8-9,16H2,1H3. The fraction of sp³-hybridized carbons (Fsp3) is 0.333. The van der Waals surface area contributed by atoms with E-state index >= 15 is 0 Å². The minimum absolute atomic E-state index is 0.0737. The molecule has 92 valence electrons. The summed E-state index contributed by atoms with van der Waals surface area (Å²) in [4.78, 5) is 9.18. The molecule has 1 aromatic heterocycles. The maximum Gasteiger partial charge on any atom is 0.126 e. The number of fused-ring (bicyclic) bond motifs is 1. The molecule has 1 atom stereocenters. The van der Waals surface area contributed by atoms with Crippen molar-refractivity contribution in [3.63, 3.8) is 0 Å². The zero-order valence-electron chi connectivity index (χ0n) is 10.6. The third-order valence-corrected chi connectivity index (χ3v) is 3.48. The van der Waals surface area contributed by atoms with Crippen LogP contribution in [0.25, 0.3) is 11.3 Å². The first kappa shape index (κ1) is 11.4. The summed E-state index contributed by atoms with van der Waals surface area (Å²) < 4.78 is 0. The smallest absolute Gasteiger partial charge is 0.126 e. The van der Waals surface area contributed by atoms with E-state index in [4.69, 9.17) is 5.73 Å². The molecule has 3 heteroatoms. The first-order chi connectivity index (χ1) is 8.75. The average molecular weight is 239 g/mol. The van der Waals surface area contributed by atoms with E-state index in [1.807, 2.05) is 25.1 Å². The van der Waals surface area contributed by atoms with Gasteiger partial charge in [-0.15, -0.1) is 0 Å². The lowest BCUT2D eigenvalue weighted by atomic mass is 9.88. The Bertz CT molecular complexity index is 563. The van der Waals surface area contributed by atoms with Crippen LogP contribution < -0.4 is 5.73 Å². The lowest BCUT2D eigenvalue weighted by molar-refractivity contribution is 0.556. The molecule has 0 bridgehead atoms. The van der Waals surface area contributed by atoms with Crippen LogP contribution in [-0.4, -0.2) is 9.97 Å². The number of aryl methyl sites for hydroxylation is 2. The highest BCUT2D eigenvalue weighted by Gasteiger charge is 2.23. The molecule has 1 aromatic carbocycles. The van der Waals surface area contributed by atoms with Gasteiger partial charge in [0.1, 0.15) is 5.82 Å². The van der Waals surface area contributed by atoms with Gasteiger partial charge in [0.15, 0.2) is 0 Å². The molecular weight excluding hydrogens is 222 g/mol. The molecule has 0 amide bonds. The third-order valence-electron chi connectivity index (χ3n) is 3.48. The van der Waals surface area contributed by atoms with Gasteiger partial charge in [0.2, 0.25) is 0 Å². The summed E-state index contributed by atoms with van der Waals surface area (Å²) >= 11 is 0. The van der Waals surface area contributed by atoms with Crippen molar-refractivity contribution in [2.24, 2.45) is 5.73 Å². The molecule has 2 aromatic rings. The van der Waals surface area contributed by atoms with Crippen LogP contribution in [0.4, 0.5) is 0 Å². The van der Waals surface area contributed by atoms with Crippen molar-refractivity contribution in [1.82, 2.24) is 9.97 Å². The van der Waals surface area contributed by atoms with E-state index in [2.05, 4.69) is 22.1 Å². The number of hydrogen-bond acceptors (Lipinski definition) is 3. The Kier molecular flexibility index (Phi) is 2.84. The zero-order valence-corrected chi connectivity index (χ0v) is 10.6. The molecule has 0 saturated heterocycles. The van der Waals surface area contributed by atoms with Crippen LogP contribution in [0.3, 0.4) is 0 Å². The number of hydrogen-bond donors (Lipinski definition) is 1. The van der Waals surface area contributed by atoms with Gasteiger partial charge in [0, 0.05) is 22.9 Å². The Balaban J connectivity index is 2.23. The lowest BCUT2D eigenvalue weighted by Gasteiger charge is -2.24. The van der Waals surface area contributed by atoms with Crippen molar-refractivity contribution < 1.29 is 0 Å². The van der Waals surface area contributed by atoms with Crippen molar-refractivity contribution in [2.75, 3.05) is 0 Å². The Hall–Kier alpha value is -1.74.